The lowest BCUT2D eigenvalue weighted by Crippen LogP contribution is -2.12. The molecule has 2 heterocycles. The van der Waals surface area contributed by atoms with E-state index in [0.29, 0.717) is 21.6 Å². The van der Waals surface area contributed by atoms with Gasteiger partial charge >= 0.3 is 0 Å². The first-order chi connectivity index (χ1) is 11.0. The first kappa shape index (κ1) is 15.5. The topological polar surface area (TPSA) is 59.8 Å². The lowest BCUT2D eigenvalue weighted by atomic mass is 10.3. The maximum atomic E-state index is 12.2. The first-order valence-corrected chi connectivity index (χ1v) is 7.54. The number of nitrogens with zero attached hydrogens (tertiary/aromatic N) is 3. The molecule has 0 radical (unpaired) electrons. The molecule has 1 amide bonds. The maximum Gasteiger partial charge on any atom is 0.258 e. The summed E-state index contributed by atoms with van der Waals surface area (Å²) in [6.45, 7) is 1.90. The van der Waals surface area contributed by atoms with Gasteiger partial charge in [-0.2, -0.15) is 0 Å². The normalized spacial score (nSPS) is 10.6. The van der Waals surface area contributed by atoms with Crippen LogP contribution in [0, 0.1) is 6.92 Å². The molecule has 3 rings (SSSR count). The number of hydrogen-bond donors (Lipinski definition) is 1. The Labute approximate surface area is 142 Å². The van der Waals surface area contributed by atoms with Crippen LogP contribution in [-0.4, -0.2) is 20.7 Å². The standard InChI is InChI=1S/C16H12Cl2N4O/c1-10-8-15(20-16(23)11-2-7-14(18)19-9-11)21-22(10)13-5-3-12(17)4-6-13/h2-9H,1H3,(H,20,21,23). The van der Waals surface area contributed by atoms with Crippen LogP contribution in [0.5, 0.6) is 0 Å². The van der Waals surface area contributed by atoms with E-state index in [2.05, 4.69) is 15.4 Å². The Kier molecular flexibility index (Phi) is 4.32. The van der Waals surface area contributed by atoms with E-state index >= 15 is 0 Å². The fraction of sp³-hybridized carbons (Fsp3) is 0.0625. The molecule has 23 heavy (non-hydrogen) atoms. The number of anilines is 1. The zero-order chi connectivity index (χ0) is 16.4. The third-order valence-corrected chi connectivity index (χ3v) is 3.67. The number of nitrogens with one attached hydrogen (secondary N) is 1. The van der Waals surface area contributed by atoms with Gasteiger partial charge in [0.05, 0.1) is 11.3 Å². The third-order valence-electron chi connectivity index (χ3n) is 3.19. The fourth-order valence-electron chi connectivity index (χ4n) is 2.08. The lowest BCUT2D eigenvalue weighted by Gasteiger charge is -2.04. The zero-order valence-electron chi connectivity index (χ0n) is 12.1. The molecule has 5 nitrogen and oxygen atoms in total. The molecule has 0 atom stereocenters. The summed E-state index contributed by atoms with van der Waals surface area (Å²) < 4.78 is 1.73. The molecule has 1 N–H and O–H groups in total. The number of benzene rings is 1. The lowest BCUT2D eigenvalue weighted by molar-refractivity contribution is 0.102. The van der Waals surface area contributed by atoms with Gasteiger partial charge in [0.1, 0.15) is 5.15 Å². The van der Waals surface area contributed by atoms with Gasteiger partial charge in [-0.3, -0.25) is 4.79 Å². The summed E-state index contributed by atoms with van der Waals surface area (Å²) in [6.07, 6.45) is 1.42. The van der Waals surface area contributed by atoms with E-state index in [4.69, 9.17) is 23.2 Å². The number of halogens is 2. The van der Waals surface area contributed by atoms with Crippen molar-refractivity contribution in [2.75, 3.05) is 5.32 Å². The number of pyridine rings is 1. The minimum Gasteiger partial charge on any atom is -0.305 e. The van der Waals surface area contributed by atoms with Gasteiger partial charge in [-0.15, -0.1) is 5.10 Å². The van der Waals surface area contributed by atoms with Crippen LogP contribution in [0.1, 0.15) is 16.1 Å². The Bertz CT molecular complexity index is 842. The van der Waals surface area contributed by atoms with Gasteiger partial charge in [0, 0.05) is 23.0 Å². The van der Waals surface area contributed by atoms with Crippen molar-refractivity contribution in [1.29, 1.82) is 0 Å². The van der Waals surface area contributed by atoms with Crippen molar-refractivity contribution in [2.24, 2.45) is 0 Å². The first-order valence-electron chi connectivity index (χ1n) is 6.78. The molecule has 0 saturated carbocycles. The number of amides is 1. The molecule has 2 aromatic heterocycles. The van der Waals surface area contributed by atoms with Gasteiger partial charge in [0.15, 0.2) is 5.82 Å². The molecule has 3 aromatic rings. The molecule has 7 heteroatoms. The van der Waals surface area contributed by atoms with Gasteiger partial charge in [-0.05, 0) is 43.3 Å². The van der Waals surface area contributed by atoms with Crippen LogP contribution >= 0.6 is 23.2 Å². The van der Waals surface area contributed by atoms with Crippen molar-refractivity contribution in [3.05, 3.63) is 70.1 Å². The van der Waals surface area contributed by atoms with Crippen LogP contribution in [0.4, 0.5) is 5.82 Å². The van der Waals surface area contributed by atoms with Crippen LogP contribution < -0.4 is 5.32 Å². The Morgan fingerprint density at radius 3 is 2.52 bits per heavy atom. The summed E-state index contributed by atoms with van der Waals surface area (Å²) in [7, 11) is 0. The van der Waals surface area contributed by atoms with Gasteiger partial charge < -0.3 is 5.32 Å². The number of aromatic nitrogens is 3. The fourth-order valence-corrected chi connectivity index (χ4v) is 2.32. The van der Waals surface area contributed by atoms with Crippen molar-refractivity contribution in [3.63, 3.8) is 0 Å². The van der Waals surface area contributed by atoms with Crippen molar-refractivity contribution >= 4 is 34.9 Å². The Morgan fingerprint density at radius 1 is 1.13 bits per heavy atom. The molecule has 0 aliphatic heterocycles. The summed E-state index contributed by atoms with van der Waals surface area (Å²) >= 11 is 11.6. The van der Waals surface area contributed by atoms with E-state index < -0.39 is 0 Å². The molecule has 0 aliphatic rings. The van der Waals surface area contributed by atoms with Crippen LogP contribution in [0.2, 0.25) is 10.2 Å². The second kappa shape index (κ2) is 6.40. The Morgan fingerprint density at radius 2 is 1.87 bits per heavy atom. The summed E-state index contributed by atoms with van der Waals surface area (Å²) in [5.41, 5.74) is 2.16. The van der Waals surface area contributed by atoms with Crippen LogP contribution in [0.15, 0.2) is 48.7 Å². The maximum absolute atomic E-state index is 12.2. The van der Waals surface area contributed by atoms with Crippen molar-refractivity contribution in [3.8, 4) is 5.69 Å². The summed E-state index contributed by atoms with van der Waals surface area (Å²) in [5, 5.41) is 8.12. The van der Waals surface area contributed by atoms with Crippen molar-refractivity contribution < 1.29 is 4.79 Å². The van der Waals surface area contributed by atoms with E-state index in [9.17, 15) is 4.79 Å². The number of carbonyl (C=O) groups excluding carboxylic acids is 1. The predicted octanol–water partition coefficient (Wildman–Crippen LogP) is 4.13. The number of rotatable bonds is 3. The molecule has 0 saturated heterocycles. The molecular formula is C16H12Cl2N4O. The molecular weight excluding hydrogens is 335 g/mol. The highest BCUT2D eigenvalue weighted by atomic mass is 35.5. The predicted molar refractivity (Wildman–Crippen MR) is 90.5 cm³/mol. The van der Waals surface area contributed by atoms with Crippen LogP contribution in [-0.2, 0) is 0 Å². The monoisotopic (exact) mass is 346 g/mol. The molecule has 0 fully saturated rings. The highest BCUT2D eigenvalue weighted by Crippen LogP contribution is 2.18. The second-order valence-corrected chi connectivity index (χ2v) is 5.71. The molecule has 1 aromatic carbocycles. The Hall–Kier alpha value is -2.37. The minimum atomic E-state index is -0.296. The van der Waals surface area contributed by atoms with E-state index in [0.717, 1.165) is 11.4 Å². The number of aryl methyl sites for hydroxylation is 1. The molecule has 0 spiro atoms. The number of hydrogen-bond acceptors (Lipinski definition) is 3. The zero-order valence-corrected chi connectivity index (χ0v) is 13.6. The van der Waals surface area contributed by atoms with Crippen LogP contribution in [0.3, 0.4) is 0 Å². The average Bonchev–Trinajstić information content (AvgIpc) is 2.89. The van der Waals surface area contributed by atoms with Crippen molar-refractivity contribution in [2.45, 2.75) is 6.92 Å². The van der Waals surface area contributed by atoms with E-state index in [1.807, 2.05) is 19.1 Å². The molecule has 116 valence electrons. The largest absolute Gasteiger partial charge is 0.305 e. The highest BCUT2D eigenvalue weighted by molar-refractivity contribution is 6.30. The quantitative estimate of drug-likeness (QED) is 0.725. The minimum absolute atomic E-state index is 0.296. The summed E-state index contributed by atoms with van der Waals surface area (Å²) in [4.78, 5) is 16.1. The smallest absolute Gasteiger partial charge is 0.258 e. The van der Waals surface area contributed by atoms with Crippen LogP contribution in [0.25, 0.3) is 5.69 Å². The van der Waals surface area contributed by atoms with Crippen molar-refractivity contribution in [1.82, 2.24) is 14.8 Å². The van der Waals surface area contributed by atoms with Gasteiger partial charge in [0.25, 0.3) is 5.91 Å². The third kappa shape index (κ3) is 3.52. The Balaban J connectivity index is 1.82. The van der Waals surface area contributed by atoms with Gasteiger partial charge in [0.2, 0.25) is 0 Å². The van der Waals surface area contributed by atoms with E-state index in [1.54, 1.807) is 35.0 Å². The average molecular weight is 347 g/mol. The van der Waals surface area contributed by atoms with Gasteiger partial charge in [-0.25, -0.2) is 9.67 Å². The second-order valence-electron chi connectivity index (χ2n) is 4.88. The highest BCUT2D eigenvalue weighted by Gasteiger charge is 2.11. The summed E-state index contributed by atoms with van der Waals surface area (Å²) in [6, 6.07) is 12.2. The summed E-state index contributed by atoms with van der Waals surface area (Å²) in [5.74, 6) is 0.160. The van der Waals surface area contributed by atoms with E-state index in [1.165, 1.54) is 6.20 Å². The SMILES string of the molecule is Cc1cc(NC(=O)c2ccc(Cl)nc2)nn1-c1ccc(Cl)cc1. The van der Waals surface area contributed by atoms with E-state index in [-0.39, 0.29) is 5.91 Å². The molecule has 0 unspecified atom stereocenters. The molecule has 0 aliphatic carbocycles. The number of carbonyl (C=O) groups is 1. The molecule has 0 bridgehead atoms. The van der Waals surface area contributed by atoms with Gasteiger partial charge in [-0.1, -0.05) is 23.2 Å².